The van der Waals surface area contributed by atoms with Gasteiger partial charge in [-0.2, -0.15) is 0 Å². The molecule has 0 fully saturated rings. The van der Waals surface area contributed by atoms with Gasteiger partial charge in [0.05, 0.1) is 5.56 Å². The lowest BCUT2D eigenvalue weighted by molar-refractivity contribution is 0.219. The third-order valence-corrected chi connectivity index (χ3v) is 2.78. The van der Waals surface area contributed by atoms with Crippen molar-refractivity contribution in [3.8, 4) is 0 Å². The van der Waals surface area contributed by atoms with Crippen molar-refractivity contribution in [1.82, 2.24) is 9.97 Å². The molecule has 0 amide bonds. The number of hydrogen-bond donors (Lipinski definition) is 1. The molecule has 2 rings (SSSR count). The molecule has 0 aliphatic heterocycles. The Labute approximate surface area is 103 Å². The summed E-state index contributed by atoms with van der Waals surface area (Å²) in [6.45, 7) is 0. The Morgan fingerprint density at radius 3 is 2.12 bits per heavy atom. The highest BCUT2D eigenvalue weighted by Gasteiger charge is 2.18. The molecule has 0 spiro atoms. The quantitative estimate of drug-likeness (QED) is 0.839. The van der Waals surface area contributed by atoms with Gasteiger partial charge in [0.15, 0.2) is 0 Å². The zero-order valence-electron chi connectivity index (χ0n) is 8.14. The van der Waals surface area contributed by atoms with Crippen LogP contribution in [0.2, 0.25) is 10.3 Å². The first-order valence-electron chi connectivity index (χ1n) is 4.59. The molecule has 0 unspecified atom stereocenters. The van der Waals surface area contributed by atoms with Gasteiger partial charge in [-0.3, -0.25) is 0 Å². The standard InChI is InChI=1S/C11H8Cl2N2O/c12-10-8(11(13)15-6-14-10)9(16)7-4-2-1-3-5-7/h1-6,9,16H/t9-/m0/s1. The molecule has 3 nitrogen and oxygen atoms in total. The maximum absolute atomic E-state index is 10.1. The molecule has 0 aliphatic rings. The van der Waals surface area contributed by atoms with Crippen molar-refractivity contribution in [3.05, 3.63) is 58.1 Å². The smallest absolute Gasteiger partial charge is 0.140 e. The second-order valence-electron chi connectivity index (χ2n) is 3.18. The van der Waals surface area contributed by atoms with E-state index < -0.39 is 6.10 Å². The van der Waals surface area contributed by atoms with Gasteiger partial charge in [-0.15, -0.1) is 0 Å². The summed E-state index contributed by atoms with van der Waals surface area (Å²) < 4.78 is 0. The van der Waals surface area contributed by atoms with Gasteiger partial charge in [-0.25, -0.2) is 9.97 Å². The molecule has 0 radical (unpaired) electrons. The minimum absolute atomic E-state index is 0.163. The van der Waals surface area contributed by atoms with Crippen LogP contribution in [0, 0.1) is 0 Å². The summed E-state index contributed by atoms with van der Waals surface area (Å²) in [7, 11) is 0. The van der Waals surface area contributed by atoms with Gasteiger partial charge >= 0.3 is 0 Å². The van der Waals surface area contributed by atoms with E-state index in [0.29, 0.717) is 11.1 Å². The van der Waals surface area contributed by atoms with Crippen molar-refractivity contribution in [2.24, 2.45) is 0 Å². The van der Waals surface area contributed by atoms with Crippen LogP contribution in [0.4, 0.5) is 0 Å². The Bertz CT molecular complexity index is 470. The van der Waals surface area contributed by atoms with E-state index in [1.807, 2.05) is 18.2 Å². The summed E-state index contributed by atoms with van der Waals surface area (Å²) >= 11 is 11.8. The monoisotopic (exact) mass is 254 g/mol. The van der Waals surface area contributed by atoms with Crippen molar-refractivity contribution >= 4 is 23.2 Å². The Hall–Kier alpha value is -1.16. The number of rotatable bonds is 2. The minimum atomic E-state index is -0.914. The zero-order chi connectivity index (χ0) is 11.5. The van der Waals surface area contributed by atoms with E-state index in [4.69, 9.17) is 23.2 Å². The molecule has 1 aromatic heterocycles. The lowest BCUT2D eigenvalue weighted by atomic mass is 10.0. The molecule has 0 aliphatic carbocycles. The Kier molecular flexibility index (Phi) is 3.39. The molecule has 2 aromatic rings. The van der Waals surface area contributed by atoms with Crippen LogP contribution in [0.5, 0.6) is 0 Å². The van der Waals surface area contributed by atoms with Crippen LogP contribution in [0.3, 0.4) is 0 Å². The summed E-state index contributed by atoms with van der Waals surface area (Å²) in [5, 5.41) is 10.4. The zero-order valence-corrected chi connectivity index (χ0v) is 9.65. The van der Waals surface area contributed by atoms with Crippen LogP contribution in [0.25, 0.3) is 0 Å². The Balaban J connectivity index is 2.46. The predicted octanol–water partition coefficient (Wildman–Crippen LogP) is 2.87. The number of benzene rings is 1. The van der Waals surface area contributed by atoms with Gasteiger partial charge in [-0.05, 0) is 5.56 Å². The highest BCUT2D eigenvalue weighted by Crippen LogP contribution is 2.30. The van der Waals surface area contributed by atoms with E-state index in [9.17, 15) is 5.11 Å². The largest absolute Gasteiger partial charge is 0.383 e. The minimum Gasteiger partial charge on any atom is -0.383 e. The van der Waals surface area contributed by atoms with Crippen LogP contribution >= 0.6 is 23.2 Å². The summed E-state index contributed by atoms with van der Waals surface area (Å²) in [5.74, 6) is 0. The summed E-state index contributed by atoms with van der Waals surface area (Å²) in [6, 6.07) is 9.07. The average molecular weight is 255 g/mol. The average Bonchev–Trinajstić information content (AvgIpc) is 2.30. The van der Waals surface area contributed by atoms with Gasteiger partial charge in [0.25, 0.3) is 0 Å². The molecule has 82 valence electrons. The second kappa shape index (κ2) is 4.78. The van der Waals surface area contributed by atoms with Crippen molar-refractivity contribution in [2.75, 3.05) is 0 Å². The van der Waals surface area contributed by atoms with Crippen LogP contribution in [0.15, 0.2) is 36.7 Å². The fraction of sp³-hybridized carbons (Fsp3) is 0.0909. The maximum atomic E-state index is 10.1. The third kappa shape index (κ3) is 2.16. The van der Waals surface area contributed by atoms with E-state index in [1.165, 1.54) is 6.33 Å². The number of aliphatic hydroxyl groups excluding tert-OH is 1. The lowest BCUT2D eigenvalue weighted by Gasteiger charge is -2.12. The molecule has 1 atom stereocenters. The van der Waals surface area contributed by atoms with E-state index in [1.54, 1.807) is 12.1 Å². The normalized spacial score (nSPS) is 12.4. The number of aromatic nitrogens is 2. The van der Waals surface area contributed by atoms with E-state index in [2.05, 4.69) is 9.97 Å². The van der Waals surface area contributed by atoms with Gasteiger partial charge in [0.2, 0.25) is 0 Å². The molecule has 0 bridgehead atoms. The van der Waals surface area contributed by atoms with Crippen molar-refractivity contribution in [2.45, 2.75) is 6.10 Å². The van der Waals surface area contributed by atoms with E-state index >= 15 is 0 Å². The first-order chi connectivity index (χ1) is 7.70. The van der Waals surface area contributed by atoms with Crippen LogP contribution < -0.4 is 0 Å². The maximum Gasteiger partial charge on any atom is 0.140 e. The number of nitrogens with zero attached hydrogens (tertiary/aromatic N) is 2. The SMILES string of the molecule is O[C@@H](c1ccccc1)c1c(Cl)ncnc1Cl. The fourth-order valence-electron chi connectivity index (χ4n) is 1.38. The summed E-state index contributed by atoms with van der Waals surface area (Å²) in [6.07, 6.45) is 0.341. The molecule has 0 saturated carbocycles. The van der Waals surface area contributed by atoms with E-state index in [-0.39, 0.29) is 10.3 Å². The number of aliphatic hydroxyl groups is 1. The Morgan fingerprint density at radius 2 is 1.56 bits per heavy atom. The molecule has 1 aromatic carbocycles. The van der Waals surface area contributed by atoms with Gasteiger partial charge in [0, 0.05) is 0 Å². The molecule has 0 saturated heterocycles. The van der Waals surface area contributed by atoms with Crippen molar-refractivity contribution < 1.29 is 5.11 Å². The predicted molar refractivity (Wildman–Crippen MR) is 62.6 cm³/mol. The molecular formula is C11H8Cl2N2O. The first kappa shape index (κ1) is 11.3. The molecule has 5 heteroatoms. The first-order valence-corrected chi connectivity index (χ1v) is 5.34. The number of halogens is 2. The van der Waals surface area contributed by atoms with Crippen LogP contribution in [-0.4, -0.2) is 15.1 Å². The molecule has 16 heavy (non-hydrogen) atoms. The van der Waals surface area contributed by atoms with Crippen molar-refractivity contribution in [1.29, 1.82) is 0 Å². The van der Waals surface area contributed by atoms with Gasteiger partial charge in [0.1, 0.15) is 22.7 Å². The van der Waals surface area contributed by atoms with Crippen LogP contribution in [0.1, 0.15) is 17.2 Å². The van der Waals surface area contributed by atoms with E-state index in [0.717, 1.165) is 0 Å². The topological polar surface area (TPSA) is 46.0 Å². The molecular weight excluding hydrogens is 247 g/mol. The summed E-state index contributed by atoms with van der Waals surface area (Å²) in [4.78, 5) is 7.59. The summed E-state index contributed by atoms with van der Waals surface area (Å²) in [5.41, 5.74) is 1.03. The lowest BCUT2D eigenvalue weighted by Crippen LogP contribution is -2.03. The number of hydrogen-bond acceptors (Lipinski definition) is 3. The molecule has 1 N–H and O–H groups in total. The third-order valence-electron chi connectivity index (χ3n) is 2.18. The molecule has 1 heterocycles. The highest BCUT2D eigenvalue weighted by molar-refractivity contribution is 6.34. The highest BCUT2D eigenvalue weighted by atomic mass is 35.5. The van der Waals surface area contributed by atoms with Gasteiger partial charge < -0.3 is 5.11 Å². The second-order valence-corrected chi connectivity index (χ2v) is 3.90. The van der Waals surface area contributed by atoms with Crippen molar-refractivity contribution in [3.63, 3.8) is 0 Å². The Morgan fingerprint density at radius 1 is 1.00 bits per heavy atom. The van der Waals surface area contributed by atoms with Crippen LogP contribution in [-0.2, 0) is 0 Å². The fourth-order valence-corrected chi connectivity index (χ4v) is 1.90. The van der Waals surface area contributed by atoms with Gasteiger partial charge in [-0.1, -0.05) is 53.5 Å².